The first-order chi connectivity index (χ1) is 18.2. The number of aromatic nitrogens is 2. The Balaban J connectivity index is 1.30. The van der Waals surface area contributed by atoms with Gasteiger partial charge in [0, 0.05) is 36.4 Å². The van der Waals surface area contributed by atoms with Crippen molar-refractivity contribution in [3.05, 3.63) is 47.4 Å². The second-order valence-electron chi connectivity index (χ2n) is 10.5. The van der Waals surface area contributed by atoms with Crippen molar-refractivity contribution in [1.29, 1.82) is 0 Å². The average Bonchev–Trinajstić information content (AvgIpc) is 3.36. The van der Waals surface area contributed by atoms with Gasteiger partial charge < -0.3 is 19.5 Å². The SMILES string of the molecule is CC1(C)CN(CCCOc2cc3cnc(Nc4ccc(F)c(Cl)c4)nc3cc2OC2CCCC2)CC(=O)O1. The molecule has 3 aromatic rings. The second kappa shape index (κ2) is 11.3. The summed E-state index contributed by atoms with van der Waals surface area (Å²) >= 11 is 5.90. The molecule has 0 amide bonds. The fourth-order valence-electron chi connectivity index (χ4n) is 4.97. The normalized spacial score (nSPS) is 17.9. The highest BCUT2D eigenvalue weighted by molar-refractivity contribution is 6.31. The van der Waals surface area contributed by atoms with Crippen molar-refractivity contribution in [3.63, 3.8) is 0 Å². The Kier molecular flexibility index (Phi) is 7.85. The number of carbonyl (C=O) groups excluding carboxylic acids is 1. The predicted octanol–water partition coefficient (Wildman–Crippen LogP) is 5.89. The minimum absolute atomic E-state index is 0.0220. The summed E-state index contributed by atoms with van der Waals surface area (Å²) in [5.41, 5.74) is 0.807. The molecule has 1 saturated heterocycles. The molecule has 0 spiro atoms. The monoisotopic (exact) mass is 542 g/mol. The fraction of sp³-hybridized carbons (Fsp3) is 0.464. The average molecular weight is 543 g/mol. The van der Waals surface area contributed by atoms with Gasteiger partial charge in [0.2, 0.25) is 5.95 Å². The van der Waals surface area contributed by atoms with E-state index in [2.05, 4.69) is 20.2 Å². The third-order valence-electron chi connectivity index (χ3n) is 6.64. The molecule has 0 atom stereocenters. The Morgan fingerprint density at radius 3 is 2.79 bits per heavy atom. The van der Waals surface area contributed by atoms with E-state index in [4.69, 9.17) is 25.8 Å². The number of cyclic esters (lactones) is 1. The van der Waals surface area contributed by atoms with E-state index in [9.17, 15) is 9.18 Å². The molecule has 8 nitrogen and oxygen atoms in total. The van der Waals surface area contributed by atoms with E-state index in [1.807, 2.05) is 26.0 Å². The van der Waals surface area contributed by atoms with Crippen LogP contribution < -0.4 is 14.8 Å². The molecule has 5 rings (SSSR count). The lowest BCUT2D eigenvalue weighted by molar-refractivity contribution is -0.169. The minimum atomic E-state index is -0.486. The third-order valence-corrected chi connectivity index (χ3v) is 6.93. The molecule has 0 radical (unpaired) electrons. The molecule has 38 heavy (non-hydrogen) atoms. The molecule has 2 fully saturated rings. The summed E-state index contributed by atoms with van der Waals surface area (Å²) in [5, 5.41) is 3.90. The van der Waals surface area contributed by atoms with Crippen molar-refractivity contribution in [2.75, 3.05) is 31.6 Å². The van der Waals surface area contributed by atoms with Gasteiger partial charge in [0.1, 0.15) is 11.4 Å². The summed E-state index contributed by atoms with van der Waals surface area (Å²) in [6, 6.07) is 8.15. The number of benzene rings is 2. The smallest absolute Gasteiger partial charge is 0.320 e. The van der Waals surface area contributed by atoms with E-state index in [1.54, 1.807) is 12.3 Å². The number of rotatable bonds is 9. The molecule has 2 aromatic carbocycles. The second-order valence-corrected chi connectivity index (χ2v) is 10.9. The number of hydrogen-bond donors (Lipinski definition) is 1. The number of nitrogens with one attached hydrogen (secondary N) is 1. The minimum Gasteiger partial charge on any atom is -0.490 e. The van der Waals surface area contributed by atoms with Gasteiger partial charge in [-0.25, -0.2) is 14.4 Å². The van der Waals surface area contributed by atoms with E-state index in [0.29, 0.717) is 48.3 Å². The summed E-state index contributed by atoms with van der Waals surface area (Å²) < 4.78 is 31.4. The van der Waals surface area contributed by atoms with Crippen LogP contribution in [0.4, 0.5) is 16.0 Å². The quantitative estimate of drug-likeness (QED) is 0.264. The van der Waals surface area contributed by atoms with E-state index in [0.717, 1.165) is 44.0 Å². The highest BCUT2D eigenvalue weighted by Crippen LogP contribution is 2.35. The van der Waals surface area contributed by atoms with Gasteiger partial charge in [-0.1, -0.05) is 11.6 Å². The third kappa shape index (κ3) is 6.63. The van der Waals surface area contributed by atoms with Gasteiger partial charge in [-0.2, -0.15) is 0 Å². The van der Waals surface area contributed by atoms with Crippen molar-refractivity contribution in [2.24, 2.45) is 0 Å². The van der Waals surface area contributed by atoms with Gasteiger partial charge in [-0.3, -0.25) is 9.69 Å². The number of nitrogens with zero attached hydrogens (tertiary/aromatic N) is 3. The predicted molar refractivity (Wildman–Crippen MR) is 144 cm³/mol. The molecule has 2 aliphatic rings. The van der Waals surface area contributed by atoms with Gasteiger partial charge in [0.05, 0.1) is 29.8 Å². The van der Waals surface area contributed by atoms with Crippen molar-refractivity contribution in [3.8, 4) is 11.5 Å². The molecule has 0 bridgehead atoms. The van der Waals surface area contributed by atoms with Crippen LogP contribution in [-0.2, 0) is 9.53 Å². The van der Waals surface area contributed by atoms with Crippen LogP contribution in [0.1, 0.15) is 46.0 Å². The maximum atomic E-state index is 13.5. The molecular formula is C28H32ClFN4O4. The number of carbonyl (C=O) groups is 1. The van der Waals surface area contributed by atoms with Crippen LogP contribution in [0.3, 0.4) is 0 Å². The zero-order valence-electron chi connectivity index (χ0n) is 21.6. The standard InChI is InChI=1S/C28H32ClFN4O4/c1-28(2)17-34(16-26(35)38-28)10-5-11-36-24-12-18-15-31-27(32-19-8-9-22(30)21(29)13-19)33-23(18)14-25(24)37-20-6-3-4-7-20/h8-9,12-15,20H,3-7,10-11,16-17H2,1-2H3,(H,31,32,33). The Labute approximate surface area is 226 Å². The highest BCUT2D eigenvalue weighted by Gasteiger charge is 2.32. The molecule has 0 unspecified atom stereocenters. The molecule has 1 saturated carbocycles. The topological polar surface area (TPSA) is 85.8 Å². The summed E-state index contributed by atoms with van der Waals surface area (Å²) in [5.74, 6) is 0.989. The Bertz CT molecular complexity index is 1320. The molecule has 1 aliphatic heterocycles. The number of hydrogen-bond acceptors (Lipinski definition) is 8. The van der Waals surface area contributed by atoms with Gasteiger partial charge >= 0.3 is 5.97 Å². The van der Waals surface area contributed by atoms with E-state index < -0.39 is 11.4 Å². The molecule has 1 aromatic heterocycles. The summed E-state index contributed by atoms with van der Waals surface area (Å²) in [6.07, 6.45) is 6.95. The Morgan fingerprint density at radius 2 is 2.03 bits per heavy atom. The van der Waals surface area contributed by atoms with Crippen molar-refractivity contribution >= 4 is 40.1 Å². The van der Waals surface area contributed by atoms with E-state index in [1.165, 1.54) is 12.1 Å². The highest BCUT2D eigenvalue weighted by atomic mass is 35.5. The molecule has 1 aliphatic carbocycles. The summed E-state index contributed by atoms with van der Waals surface area (Å²) in [4.78, 5) is 23.0. The van der Waals surface area contributed by atoms with Crippen LogP contribution in [0.25, 0.3) is 10.9 Å². The van der Waals surface area contributed by atoms with Crippen molar-refractivity contribution in [2.45, 2.75) is 57.7 Å². The van der Waals surface area contributed by atoms with Crippen LogP contribution in [0.2, 0.25) is 5.02 Å². The lowest BCUT2D eigenvalue weighted by Gasteiger charge is -2.37. The van der Waals surface area contributed by atoms with Crippen molar-refractivity contribution in [1.82, 2.24) is 14.9 Å². The number of fused-ring (bicyclic) bond motifs is 1. The zero-order chi connectivity index (χ0) is 26.7. The Morgan fingerprint density at radius 1 is 1.21 bits per heavy atom. The molecule has 202 valence electrons. The van der Waals surface area contributed by atoms with E-state index >= 15 is 0 Å². The fourth-order valence-corrected chi connectivity index (χ4v) is 5.15. The summed E-state index contributed by atoms with van der Waals surface area (Å²) in [7, 11) is 0. The zero-order valence-corrected chi connectivity index (χ0v) is 22.4. The van der Waals surface area contributed by atoms with Crippen LogP contribution in [-0.4, -0.2) is 58.8 Å². The number of anilines is 2. The maximum absolute atomic E-state index is 13.5. The van der Waals surface area contributed by atoms with E-state index in [-0.39, 0.29) is 17.1 Å². The first-order valence-corrected chi connectivity index (χ1v) is 13.4. The van der Waals surface area contributed by atoms with Crippen LogP contribution in [0.15, 0.2) is 36.5 Å². The van der Waals surface area contributed by atoms with Crippen LogP contribution in [0.5, 0.6) is 11.5 Å². The van der Waals surface area contributed by atoms with Crippen molar-refractivity contribution < 1.29 is 23.4 Å². The Hall–Kier alpha value is -3.17. The van der Waals surface area contributed by atoms with Gasteiger partial charge in [-0.15, -0.1) is 0 Å². The molecule has 1 N–H and O–H groups in total. The first kappa shape index (κ1) is 26.4. The largest absolute Gasteiger partial charge is 0.490 e. The molecular weight excluding hydrogens is 511 g/mol. The lowest BCUT2D eigenvalue weighted by Crippen LogP contribution is -2.51. The number of halogens is 2. The molecule has 2 heterocycles. The van der Waals surface area contributed by atoms with Gasteiger partial charge in [0.15, 0.2) is 11.5 Å². The van der Waals surface area contributed by atoms with Gasteiger partial charge in [-0.05, 0) is 70.2 Å². The summed E-state index contributed by atoms with van der Waals surface area (Å²) in [6.45, 7) is 6.05. The van der Waals surface area contributed by atoms with Crippen LogP contribution >= 0.6 is 11.6 Å². The first-order valence-electron chi connectivity index (χ1n) is 13.0. The number of ether oxygens (including phenoxy) is 3. The number of morpholine rings is 1. The molecule has 10 heteroatoms. The lowest BCUT2D eigenvalue weighted by atomic mass is 10.1. The number of esters is 1. The maximum Gasteiger partial charge on any atom is 0.320 e. The van der Waals surface area contributed by atoms with Crippen LogP contribution in [0, 0.1) is 5.82 Å². The van der Waals surface area contributed by atoms with Gasteiger partial charge in [0.25, 0.3) is 0 Å².